The molecule has 3 nitrogen and oxygen atoms in total. The topological polar surface area (TPSA) is 38.0 Å². The molecule has 1 aromatic rings. The highest BCUT2D eigenvalue weighted by Gasteiger charge is 2.26. The zero-order valence-corrected chi connectivity index (χ0v) is 12.8. The average molecular weight is 303 g/mol. The van der Waals surface area contributed by atoms with Crippen molar-refractivity contribution in [2.75, 3.05) is 6.61 Å². The van der Waals surface area contributed by atoms with Crippen molar-refractivity contribution in [1.82, 2.24) is 9.78 Å². The molecule has 0 aliphatic carbocycles. The van der Waals surface area contributed by atoms with E-state index in [4.69, 9.17) is 0 Å². The van der Waals surface area contributed by atoms with Gasteiger partial charge in [-0.05, 0) is 47.5 Å². The van der Waals surface area contributed by atoms with Gasteiger partial charge in [0.15, 0.2) is 0 Å². The molecule has 17 heavy (non-hydrogen) atoms. The first-order valence-corrected chi connectivity index (χ1v) is 7.15. The molecule has 0 aliphatic rings. The van der Waals surface area contributed by atoms with Crippen LogP contribution in [0.2, 0.25) is 0 Å². The summed E-state index contributed by atoms with van der Waals surface area (Å²) in [5, 5.41) is 14.1. The number of halogens is 1. The number of aliphatic hydroxyl groups excluding tert-OH is 1. The van der Waals surface area contributed by atoms with Gasteiger partial charge >= 0.3 is 0 Å². The number of nitrogens with zero attached hydrogens (tertiary/aromatic N) is 2. The van der Waals surface area contributed by atoms with Crippen LogP contribution in [-0.2, 0) is 19.4 Å². The molecule has 0 spiro atoms. The molecule has 0 saturated heterocycles. The molecule has 0 radical (unpaired) electrons. The molecule has 1 unspecified atom stereocenters. The van der Waals surface area contributed by atoms with Gasteiger partial charge in [0.25, 0.3) is 0 Å². The van der Waals surface area contributed by atoms with Crippen LogP contribution in [0.4, 0.5) is 0 Å². The lowest BCUT2D eigenvalue weighted by molar-refractivity contribution is 0.135. The van der Waals surface area contributed by atoms with Crippen LogP contribution in [0.3, 0.4) is 0 Å². The summed E-state index contributed by atoms with van der Waals surface area (Å²) in [4.78, 5) is 0. The van der Waals surface area contributed by atoms with Crippen molar-refractivity contribution in [3.8, 4) is 0 Å². The van der Waals surface area contributed by atoms with Gasteiger partial charge in [-0.3, -0.25) is 4.68 Å². The Kier molecular flexibility index (Phi) is 5.20. The molecular weight excluding hydrogens is 280 g/mol. The first-order valence-electron chi connectivity index (χ1n) is 6.36. The van der Waals surface area contributed by atoms with E-state index in [1.165, 1.54) is 5.69 Å². The smallest absolute Gasteiger partial charge is 0.0766 e. The van der Waals surface area contributed by atoms with E-state index in [2.05, 4.69) is 48.7 Å². The number of aryl methyl sites for hydroxylation is 2. The van der Waals surface area contributed by atoms with Crippen molar-refractivity contribution in [3.63, 3.8) is 0 Å². The molecule has 0 saturated carbocycles. The normalized spacial score (nSPS) is 14.9. The first kappa shape index (κ1) is 14.7. The molecule has 1 heterocycles. The van der Waals surface area contributed by atoms with Gasteiger partial charge in [-0.15, -0.1) is 0 Å². The standard InChI is InChI=1S/C13H23BrN2O/c1-5-10-12(14)11(16(7-3)15-10)8-13(4,6-2)9-17/h17H,5-9H2,1-4H3. The molecule has 0 aromatic carbocycles. The summed E-state index contributed by atoms with van der Waals surface area (Å²) in [5.74, 6) is 0. The van der Waals surface area contributed by atoms with Crippen molar-refractivity contribution >= 4 is 15.9 Å². The Morgan fingerprint density at radius 1 is 1.35 bits per heavy atom. The van der Waals surface area contributed by atoms with Crippen LogP contribution in [0.15, 0.2) is 4.47 Å². The Labute approximate surface area is 112 Å². The summed E-state index contributed by atoms with van der Waals surface area (Å²) in [5.41, 5.74) is 2.27. The Bertz CT molecular complexity index is 370. The number of hydrogen-bond acceptors (Lipinski definition) is 2. The monoisotopic (exact) mass is 302 g/mol. The van der Waals surface area contributed by atoms with Crippen molar-refractivity contribution < 1.29 is 5.11 Å². The second-order valence-electron chi connectivity index (χ2n) is 4.88. The molecule has 0 bridgehead atoms. The molecule has 1 N–H and O–H groups in total. The molecule has 98 valence electrons. The van der Waals surface area contributed by atoms with Gasteiger partial charge < -0.3 is 5.11 Å². The maximum absolute atomic E-state index is 9.52. The molecule has 0 amide bonds. The number of rotatable bonds is 6. The fourth-order valence-corrected chi connectivity index (χ4v) is 2.59. The Hall–Kier alpha value is -0.350. The molecule has 0 fully saturated rings. The Balaban J connectivity index is 3.08. The second-order valence-corrected chi connectivity index (χ2v) is 5.67. The molecule has 0 aliphatic heterocycles. The van der Waals surface area contributed by atoms with Crippen LogP contribution in [0.25, 0.3) is 0 Å². The van der Waals surface area contributed by atoms with Crippen molar-refractivity contribution in [2.45, 2.75) is 53.5 Å². The minimum absolute atomic E-state index is 0.0551. The maximum atomic E-state index is 9.52. The minimum atomic E-state index is -0.0551. The third kappa shape index (κ3) is 3.10. The largest absolute Gasteiger partial charge is 0.396 e. The van der Waals surface area contributed by atoms with Crippen LogP contribution in [0.1, 0.15) is 45.5 Å². The molecule has 1 aromatic heterocycles. The van der Waals surface area contributed by atoms with Gasteiger partial charge in [-0.2, -0.15) is 5.10 Å². The summed E-state index contributed by atoms with van der Waals surface area (Å²) in [6.07, 6.45) is 2.76. The Morgan fingerprint density at radius 2 is 2.00 bits per heavy atom. The number of aromatic nitrogens is 2. The minimum Gasteiger partial charge on any atom is -0.396 e. The van der Waals surface area contributed by atoms with Gasteiger partial charge in [-0.1, -0.05) is 20.8 Å². The molecular formula is C13H23BrN2O. The van der Waals surface area contributed by atoms with E-state index in [9.17, 15) is 5.11 Å². The van der Waals surface area contributed by atoms with E-state index < -0.39 is 0 Å². The summed E-state index contributed by atoms with van der Waals surface area (Å²) in [6.45, 7) is 9.55. The van der Waals surface area contributed by atoms with Crippen molar-refractivity contribution in [3.05, 3.63) is 15.9 Å². The molecule has 1 rings (SSSR count). The lowest BCUT2D eigenvalue weighted by Gasteiger charge is -2.26. The van der Waals surface area contributed by atoms with E-state index in [1.807, 2.05) is 4.68 Å². The van der Waals surface area contributed by atoms with Gasteiger partial charge in [0.1, 0.15) is 0 Å². The molecule has 4 heteroatoms. The van der Waals surface area contributed by atoms with Crippen molar-refractivity contribution in [2.24, 2.45) is 5.41 Å². The highest BCUT2D eigenvalue weighted by Crippen LogP contribution is 2.31. The molecule has 1 atom stereocenters. The zero-order chi connectivity index (χ0) is 13.1. The Morgan fingerprint density at radius 3 is 2.41 bits per heavy atom. The SMILES string of the molecule is CCc1nn(CC)c(CC(C)(CC)CO)c1Br. The van der Waals surface area contributed by atoms with Gasteiger partial charge in [0.05, 0.1) is 15.9 Å². The van der Waals surface area contributed by atoms with E-state index in [1.54, 1.807) is 0 Å². The number of aliphatic hydroxyl groups is 1. The number of hydrogen-bond donors (Lipinski definition) is 1. The highest BCUT2D eigenvalue weighted by molar-refractivity contribution is 9.10. The summed E-state index contributed by atoms with van der Waals surface area (Å²) >= 11 is 3.65. The predicted molar refractivity (Wildman–Crippen MR) is 74.2 cm³/mol. The first-order chi connectivity index (χ1) is 8.01. The fraction of sp³-hybridized carbons (Fsp3) is 0.769. The lowest BCUT2D eigenvalue weighted by atomic mass is 9.83. The maximum Gasteiger partial charge on any atom is 0.0766 e. The average Bonchev–Trinajstić information content (AvgIpc) is 2.66. The van der Waals surface area contributed by atoms with Gasteiger partial charge in [0, 0.05) is 13.2 Å². The third-order valence-corrected chi connectivity index (χ3v) is 4.44. The van der Waals surface area contributed by atoms with Crippen LogP contribution in [0, 0.1) is 5.41 Å². The predicted octanol–water partition coefficient (Wildman–Crippen LogP) is 3.18. The van der Waals surface area contributed by atoms with E-state index in [-0.39, 0.29) is 12.0 Å². The summed E-state index contributed by atoms with van der Waals surface area (Å²) in [6, 6.07) is 0. The lowest BCUT2D eigenvalue weighted by Crippen LogP contribution is -2.25. The van der Waals surface area contributed by atoms with E-state index in [0.717, 1.165) is 36.0 Å². The quantitative estimate of drug-likeness (QED) is 0.876. The van der Waals surface area contributed by atoms with Crippen LogP contribution < -0.4 is 0 Å². The third-order valence-electron chi connectivity index (χ3n) is 3.52. The second kappa shape index (κ2) is 6.01. The van der Waals surface area contributed by atoms with E-state index in [0.29, 0.717) is 0 Å². The van der Waals surface area contributed by atoms with Crippen molar-refractivity contribution in [1.29, 1.82) is 0 Å². The fourth-order valence-electron chi connectivity index (χ4n) is 1.88. The summed E-state index contributed by atoms with van der Waals surface area (Å²) < 4.78 is 3.17. The zero-order valence-electron chi connectivity index (χ0n) is 11.3. The highest BCUT2D eigenvalue weighted by atomic mass is 79.9. The summed E-state index contributed by atoms with van der Waals surface area (Å²) in [7, 11) is 0. The van der Waals surface area contributed by atoms with Crippen LogP contribution in [-0.4, -0.2) is 21.5 Å². The van der Waals surface area contributed by atoms with E-state index >= 15 is 0 Å². The van der Waals surface area contributed by atoms with Crippen LogP contribution >= 0.6 is 15.9 Å². The van der Waals surface area contributed by atoms with Gasteiger partial charge in [0.2, 0.25) is 0 Å². The van der Waals surface area contributed by atoms with Crippen LogP contribution in [0.5, 0.6) is 0 Å². The van der Waals surface area contributed by atoms with Gasteiger partial charge in [-0.25, -0.2) is 0 Å².